The summed E-state index contributed by atoms with van der Waals surface area (Å²) in [5.74, 6) is -2.35. The molecule has 0 atom stereocenters. The third kappa shape index (κ3) is 1.94. The average Bonchev–Trinajstić information content (AvgIpc) is 2.97. The largest absolute Gasteiger partial charge is 0.419 e. The molecular formula is C11H8F4O. The molecule has 0 unspecified atom stereocenters. The fourth-order valence-corrected chi connectivity index (χ4v) is 1.58. The Bertz CT molecular complexity index is 432. The summed E-state index contributed by atoms with van der Waals surface area (Å²) < 4.78 is 50.8. The number of rotatable bonds is 2. The summed E-state index contributed by atoms with van der Waals surface area (Å²) in [7, 11) is 0. The molecule has 0 radical (unpaired) electrons. The monoisotopic (exact) mass is 232 g/mol. The van der Waals surface area contributed by atoms with E-state index in [-0.39, 0.29) is 5.92 Å². The fourth-order valence-electron chi connectivity index (χ4n) is 1.58. The van der Waals surface area contributed by atoms with Gasteiger partial charge in [-0.1, -0.05) is 12.1 Å². The van der Waals surface area contributed by atoms with E-state index in [0.29, 0.717) is 18.9 Å². The molecule has 1 saturated carbocycles. The zero-order chi connectivity index (χ0) is 11.9. The van der Waals surface area contributed by atoms with E-state index in [9.17, 15) is 22.4 Å². The Morgan fingerprint density at radius 3 is 2.38 bits per heavy atom. The van der Waals surface area contributed by atoms with Crippen molar-refractivity contribution in [3.8, 4) is 0 Å². The molecule has 0 heterocycles. The molecule has 1 aromatic carbocycles. The van der Waals surface area contributed by atoms with Gasteiger partial charge in [-0.25, -0.2) is 4.39 Å². The third-order valence-electron chi connectivity index (χ3n) is 2.51. The smallest absolute Gasteiger partial charge is 0.294 e. The summed E-state index contributed by atoms with van der Waals surface area (Å²) in [6.45, 7) is 0. The Hall–Kier alpha value is -1.39. The predicted octanol–water partition coefficient (Wildman–Crippen LogP) is 3.44. The van der Waals surface area contributed by atoms with Gasteiger partial charge in [-0.05, 0) is 18.9 Å². The molecule has 16 heavy (non-hydrogen) atoms. The van der Waals surface area contributed by atoms with E-state index in [2.05, 4.69) is 0 Å². The third-order valence-corrected chi connectivity index (χ3v) is 2.51. The molecular weight excluding hydrogens is 224 g/mol. The van der Waals surface area contributed by atoms with Crippen LogP contribution in [0.3, 0.4) is 0 Å². The van der Waals surface area contributed by atoms with Gasteiger partial charge in [-0.2, -0.15) is 13.2 Å². The molecule has 0 bridgehead atoms. The number of Topliss-reactive ketones (excluding diaryl/α,β-unsaturated/α-hetero) is 1. The van der Waals surface area contributed by atoms with E-state index in [1.807, 2.05) is 0 Å². The highest BCUT2D eigenvalue weighted by Gasteiger charge is 2.41. The molecule has 0 aromatic heterocycles. The van der Waals surface area contributed by atoms with E-state index in [1.165, 1.54) is 0 Å². The number of hydrogen-bond acceptors (Lipinski definition) is 1. The van der Waals surface area contributed by atoms with Crippen LogP contribution < -0.4 is 0 Å². The minimum atomic E-state index is -4.83. The van der Waals surface area contributed by atoms with Crippen LogP contribution >= 0.6 is 0 Å². The van der Waals surface area contributed by atoms with Crippen LogP contribution in [-0.4, -0.2) is 5.78 Å². The lowest BCUT2D eigenvalue weighted by Crippen LogP contribution is -2.16. The molecule has 0 N–H and O–H groups in total. The molecule has 1 aromatic rings. The predicted molar refractivity (Wildman–Crippen MR) is 48.5 cm³/mol. The Labute approximate surface area is 89.1 Å². The number of benzene rings is 1. The molecule has 0 aliphatic heterocycles. The first-order valence-electron chi connectivity index (χ1n) is 4.81. The van der Waals surface area contributed by atoms with Gasteiger partial charge in [0.1, 0.15) is 11.4 Å². The second kappa shape index (κ2) is 3.57. The summed E-state index contributed by atoms with van der Waals surface area (Å²) in [4.78, 5) is 11.6. The maximum atomic E-state index is 13.1. The Kier molecular flexibility index (Phi) is 2.48. The highest BCUT2D eigenvalue weighted by atomic mass is 19.4. The van der Waals surface area contributed by atoms with Crippen molar-refractivity contribution < 1.29 is 22.4 Å². The van der Waals surface area contributed by atoms with Crippen molar-refractivity contribution in [2.75, 3.05) is 0 Å². The molecule has 1 aliphatic carbocycles. The highest BCUT2D eigenvalue weighted by molar-refractivity contribution is 6.00. The van der Waals surface area contributed by atoms with E-state index in [0.717, 1.165) is 12.1 Å². The van der Waals surface area contributed by atoms with Crippen LogP contribution in [0.25, 0.3) is 0 Å². The zero-order valence-corrected chi connectivity index (χ0v) is 8.14. The summed E-state index contributed by atoms with van der Waals surface area (Å²) in [5, 5.41) is 0. The molecule has 0 amide bonds. The van der Waals surface area contributed by atoms with Crippen molar-refractivity contribution in [3.05, 3.63) is 35.1 Å². The Morgan fingerprint density at radius 2 is 1.88 bits per heavy atom. The van der Waals surface area contributed by atoms with Crippen molar-refractivity contribution in [1.82, 2.24) is 0 Å². The first-order chi connectivity index (χ1) is 7.41. The standard InChI is InChI=1S/C11H8F4O/c12-8-3-1-2-7(9(8)11(13,14)15)10(16)6-4-5-6/h1-3,6H,4-5H2. The quantitative estimate of drug-likeness (QED) is 0.564. The lowest BCUT2D eigenvalue weighted by Gasteiger charge is -2.12. The highest BCUT2D eigenvalue weighted by Crippen LogP contribution is 2.39. The number of alkyl halides is 3. The minimum Gasteiger partial charge on any atom is -0.294 e. The van der Waals surface area contributed by atoms with Crippen molar-refractivity contribution in [3.63, 3.8) is 0 Å². The van der Waals surface area contributed by atoms with Crippen LogP contribution in [0.1, 0.15) is 28.8 Å². The molecule has 0 saturated heterocycles. The number of halogens is 4. The normalized spacial score (nSPS) is 16.2. The van der Waals surface area contributed by atoms with Gasteiger partial charge in [-0.15, -0.1) is 0 Å². The van der Waals surface area contributed by atoms with Crippen LogP contribution in [0.5, 0.6) is 0 Å². The lowest BCUT2D eigenvalue weighted by atomic mass is 10.00. The second-order valence-corrected chi connectivity index (χ2v) is 3.80. The van der Waals surface area contributed by atoms with Crippen molar-refractivity contribution in [1.29, 1.82) is 0 Å². The summed E-state index contributed by atoms with van der Waals surface area (Å²) in [6.07, 6.45) is -3.65. The first-order valence-corrected chi connectivity index (χ1v) is 4.81. The van der Waals surface area contributed by atoms with Gasteiger partial charge in [-0.3, -0.25) is 4.79 Å². The second-order valence-electron chi connectivity index (χ2n) is 3.80. The van der Waals surface area contributed by atoms with E-state index < -0.39 is 28.9 Å². The van der Waals surface area contributed by atoms with E-state index in [4.69, 9.17) is 0 Å². The van der Waals surface area contributed by atoms with E-state index in [1.54, 1.807) is 0 Å². The Balaban J connectivity index is 2.51. The van der Waals surface area contributed by atoms with Crippen LogP contribution in [0.4, 0.5) is 17.6 Å². The zero-order valence-electron chi connectivity index (χ0n) is 8.14. The van der Waals surface area contributed by atoms with Gasteiger partial charge in [0.15, 0.2) is 5.78 Å². The molecule has 1 fully saturated rings. The minimum absolute atomic E-state index is 0.358. The number of carbonyl (C=O) groups excluding carboxylic acids is 1. The Morgan fingerprint density at radius 1 is 1.25 bits per heavy atom. The summed E-state index contributed by atoms with van der Waals surface area (Å²) in [5.41, 5.74) is -1.98. The molecule has 0 spiro atoms. The average molecular weight is 232 g/mol. The van der Waals surface area contributed by atoms with Gasteiger partial charge in [0, 0.05) is 11.5 Å². The van der Waals surface area contributed by atoms with Crippen LogP contribution in [-0.2, 0) is 6.18 Å². The van der Waals surface area contributed by atoms with Gasteiger partial charge in [0.25, 0.3) is 0 Å². The molecule has 5 heteroatoms. The van der Waals surface area contributed by atoms with Crippen molar-refractivity contribution >= 4 is 5.78 Å². The fraction of sp³-hybridized carbons (Fsp3) is 0.364. The maximum absolute atomic E-state index is 13.1. The van der Waals surface area contributed by atoms with Crippen LogP contribution in [0, 0.1) is 11.7 Å². The maximum Gasteiger partial charge on any atom is 0.419 e. The molecule has 1 nitrogen and oxygen atoms in total. The van der Waals surface area contributed by atoms with Crippen molar-refractivity contribution in [2.45, 2.75) is 19.0 Å². The lowest BCUT2D eigenvalue weighted by molar-refractivity contribution is -0.140. The summed E-state index contributed by atoms with van der Waals surface area (Å²) in [6, 6.07) is 2.87. The van der Waals surface area contributed by atoms with Crippen LogP contribution in [0.2, 0.25) is 0 Å². The topological polar surface area (TPSA) is 17.1 Å². The number of ketones is 1. The van der Waals surface area contributed by atoms with Gasteiger partial charge in [0.2, 0.25) is 0 Å². The van der Waals surface area contributed by atoms with Gasteiger partial charge in [0.05, 0.1) is 0 Å². The number of hydrogen-bond donors (Lipinski definition) is 0. The molecule has 1 aliphatic rings. The van der Waals surface area contributed by atoms with E-state index >= 15 is 0 Å². The first kappa shape index (κ1) is 11.1. The summed E-state index contributed by atoms with van der Waals surface area (Å²) >= 11 is 0. The van der Waals surface area contributed by atoms with Gasteiger partial charge < -0.3 is 0 Å². The number of carbonyl (C=O) groups is 1. The van der Waals surface area contributed by atoms with Gasteiger partial charge >= 0.3 is 6.18 Å². The molecule has 2 rings (SSSR count). The van der Waals surface area contributed by atoms with Crippen LogP contribution in [0.15, 0.2) is 18.2 Å². The SMILES string of the molecule is O=C(c1cccc(F)c1C(F)(F)F)C1CC1. The molecule has 86 valence electrons. The van der Waals surface area contributed by atoms with Crippen molar-refractivity contribution in [2.24, 2.45) is 5.92 Å².